The summed E-state index contributed by atoms with van der Waals surface area (Å²) in [6.45, 7) is 4.03. The molecule has 2 rings (SSSR count). The summed E-state index contributed by atoms with van der Waals surface area (Å²) in [6.07, 6.45) is 1.66. The Hall–Kier alpha value is -2.16. The maximum absolute atomic E-state index is 11.4. The molecular formula is C13H12N2O. The van der Waals surface area contributed by atoms with E-state index >= 15 is 0 Å². The molecule has 0 saturated heterocycles. The van der Waals surface area contributed by atoms with Crippen molar-refractivity contribution in [3.63, 3.8) is 0 Å². The van der Waals surface area contributed by atoms with Gasteiger partial charge >= 0.3 is 0 Å². The molecule has 0 aliphatic carbocycles. The lowest BCUT2D eigenvalue weighted by molar-refractivity contribution is 0.656. The van der Waals surface area contributed by atoms with Crippen LogP contribution >= 0.6 is 0 Å². The molecule has 0 atom stereocenters. The number of allylic oxidation sites excluding steroid dienone is 1. The van der Waals surface area contributed by atoms with Crippen molar-refractivity contribution in [2.45, 2.75) is 6.54 Å². The molecule has 0 spiro atoms. The molecule has 3 nitrogen and oxygen atoms in total. The van der Waals surface area contributed by atoms with Crippen LogP contribution in [0.5, 0.6) is 0 Å². The molecule has 0 aliphatic heterocycles. The van der Waals surface area contributed by atoms with Crippen molar-refractivity contribution in [2.75, 3.05) is 0 Å². The number of hydrogen-bond donors (Lipinski definition) is 0. The second-order valence-corrected chi connectivity index (χ2v) is 3.39. The van der Waals surface area contributed by atoms with Crippen LogP contribution in [0.4, 0.5) is 0 Å². The van der Waals surface area contributed by atoms with Gasteiger partial charge in [-0.15, -0.1) is 6.58 Å². The van der Waals surface area contributed by atoms with Gasteiger partial charge in [-0.1, -0.05) is 36.4 Å². The molecular weight excluding hydrogens is 200 g/mol. The van der Waals surface area contributed by atoms with Crippen LogP contribution in [0.3, 0.4) is 0 Å². The van der Waals surface area contributed by atoms with Crippen molar-refractivity contribution in [2.24, 2.45) is 0 Å². The van der Waals surface area contributed by atoms with Crippen LogP contribution in [0.15, 0.2) is 59.9 Å². The van der Waals surface area contributed by atoms with E-state index in [0.29, 0.717) is 6.54 Å². The van der Waals surface area contributed by atoms with Gasteiger partial charge in [0.15, 0.2) is 0 Å². The molecule has 1 aromatic heterocycles. The normalized spacial score (nSPS) is 10.0. The molecule has 1 heterocycles. The van der Waals surface area contributed by atoms with Crippen LogP contribution < -0.4 is 5.56 Å². The molecule has 0 N–H and O–H groups in total. The van der Waals surface area contributed by atoms with E-state index in [1.54, 1.807) is 12.1 Å². The molecule has 1 aromatic carbocycles. The van der Waals surface area contributed by atoms with Gasteiger partial charge in [-0.25, -0.2) is 4.68 Å². The monoisotopic (exact) mass is 212 g/mol. The fourth-order valence-electron chi connectivity index (χ4n) is 1.46. The summed E-state index contributed by atoms with van der Waals surface area (Å²) in [5.41, 5.74) is 1.68. The zero-order valence-corrected chi connectivity index (χ0v) is 8.84. The van der Waals surface area contributed by atoms with Crippen LogP contribution in [-0.4, -0.2) is 9.78 Å². The zero-order chi connectivity index (χ0) is 11.4. The van der Waals surface area contributed by atoms with E-state index < -0.39 is 0 Å². The van der Waals surface area contributed by atoms with Crippen molar-refractivity contribution >= 4 is 0 Å². The molecule has 0 bridgehead atoms. The minimum Gasteiger partial charge on any atom is -0.268 e. The summed E-state index contributed by atoms with van der Waals surface area (Å²) >= 11 is 0. The molecule has 16 heavy (non-hydrogen) atoms. The molecule has 3 heteroatoms. The van der Waals surface area contributed by atoms with E-state index in [1.165, 1.54) is 10.7 Å². The van der Waals surface area contributed by atoms with E-state index in [9.17, 15) is 4.79 Å². The Morgan fingerprint density at radius 1 is 1.19 bits per heavy atom. The fourth-order valence-corrected chi connectivity index (χ4v) is 1.46. The van der Waals surface area contributed by atoms with Gasteiger partial charge in [-0.2, -0.15) is 5.10 Å². The van der Waals surface area contributed by atoms with E-state index in [0.717, 1.165) is 11.3 Å². The van der Waals surface area contributed by atoms with E-state index in [-0.39, 0.29) is 5.56 Å². The number of hydrogen-bond acceptors (Lipinski definition) is 2. The van der Waals surface area contributed by atoms with Crippen molar-refractivity contribution in [3.8, 4) is 11.3 Å². The Bertz CT molecular complexity index is 543. The van der Waals surface area contributed by atoms with Crippen molar-refractivity contribution < 1.29 is 0 Å². The molecule has 0 fully saturated rings. The average Bonchev–Trinajstić information content (AvgIpc) is 2.33. The van der Waals surface area contributed by atoms with E-state index in [2.05, 4.69) is 11.7 Å². The number of rotatable bonds is 3. The molecule has 0 radical (unpaired) electrons. The summed E-state index contributed by atoms with van der Waals surface area (Å²) in [6, 6.07) is 13.0. The Morgan fingerprint density at radius 2 is 1.94 bits per heavy atom. The SMILES string of the molecule is C=CCn1nc(-c2ccccc2)ccc1=O. The van der Waals surface area contributed by atoms with Gasteiger partial charge in [-0.05, 0) is 6.07 Å². The predicted molar refractivity (Wildman–Crippen MR) is 64.1 cm³/mol. The summed E-state index contributed by atoms with van der Waals surface area (Å²) in [4.78, 5) is 11.4. The smallest absolute Gasteiger partial charge is 0.267 e. The Kier molecular flexibility index (Phi) is 2.96. The minimum atomic E-state index is -0.111. The van der Waals surface area contributed by atoms with Crippen LogP contribution in [0.25, 0.3) is 11.3 Å². The first-order chi connectivity index (χ1) is 7.81. The Morgan fingerprint density at radius 3 is 2.62 bits per heavy atom. The fraction of sp³-hybridized carbons (Fsp3) is 0.0769. The highest BCUT2D eigenvalue weighted by Crippen LogP contribution is 2.13. The highest BCUT2D eigenvalue weighted by molar-refractivity contribution is 5.57. The first kappa shape index (κ1) is 10.4. The largest absolute Gasteiger partial charge is 0.268 e. The molecule has 0 amide bonds. The second-order valence-electron chi connectivity index (χ2n) is 3.39. The molecule has 0 saturated carbocycles. The third-order valence-corrected chi connectivity index (χ3v) is 2.24. The highest BCUT2D eigenvalue weighted by Gasteiger charge is 2.01. The summed E-state index contributed by atoms with van der Waals surface area (Å²) in [5, 5.41) is 4.27. The standard InChI is InChI=1S/C13H12N2O/c1-2-10-15-13(16)9-8-12(14-15)11-6-4-3-5-7-11/h2-9H,1,10H2. The summed E-state index contributed by atoms with van der Waals surface area (Å²) < 4.78 is 1.40. The first-order valence-electron chi connectivity index (χ1n) is 5.06. The summed E-state index contributed by atoms with van der Waals surface area (Å²) in [5.74, 6) is 0. The number of nitrogens with zero attached hydrogens (tertiary/aromatic N) is 2. The minimum absolute atomic E-state index is 0.111. The van der Waals surface area contributed by atoms with Crippen LogP contribution in [0, 0.1) is 0 Å². The first-order valence-corrected chi connectivity index (χ1v) is 5.06. The lowest BCUT2D eigenvalue weighted by atomic mass is 10.1. The molecule has 2 aromatic rings. The highest BCUT2D eigenvalue weighted by atomic mass is 16.1. The van der Waals surface area contributed by atoms with Crippen molar-refractivity contribution in [3.05, 3.63) is 65.5 Å². The quantitative estimate of drug-likeness (QED) is 0.730. The second kappa shape index (κ2) is 4.57. The van der Waals surface area contributed by atoms with Crippen LogP contribution in [-0.2, 0) is 6.54 Å². The molecule has 0 aliphatic rings. The predicted octanol–water partition coefficient (Wildman–Crippen LogP) is 2.10. The molecule has 80 valence electrons. The van der Waals surface area contributed by atoms with Gasteiger partial charge in [-0.3, -0.25) is 4.79 Å². The van der Waals surface area contributed by atoms with Crippen LogP contribution in [0.2, 0.25) is 0 Å². The summed E-state index contributed by atoms with van der Waals surface area (Å²) in [7, 11) is 0. The van der Waals surface area contributed by atoms with Crippen molar-refractivity contribution in [1.29, 1.82) is 0 Å². The van der Waals surface area contributed by atoms with Gasteiger partial charge in [0.25, 0.3) is 5.56 Å². The van der Waals surface area contributed by atoms with E-state index in [1.807, 2.05) is 30.3 Å². The Balaban J connectivity index is 2.47. The lowest BCUT2D eigenvalue weighted by Gasteiger charge is -2.04. The van der Waals surface area contributed by atoms with Crippen LogP contribution in [0.1, 0.15) is 0 Å². The van der Waals surface area contributed by atoms with Gasteiger partial charge in [0.2, 0.25) is 0 Å². The third-order valence-electron chi connectivity index (χ3n) is 2.24. The third kappa shape index (κ3) is 2.08. The topological polar surface area (TPSA) is 34.9 Å². The Labute approximate surface area is 93.7 Å². The van der Waals surface area contributed by atoms with Crippen molar-refractivity contribution in [1.82, 2.24) is 9.78 Å². The van der Waals surface area contributed by atoms with E-state index in [4.69, 9.17) is 0 Å². The lowest BCUT2D eigenvalue weighted by Crippen LogP contribution is -2.21. The maximum atomic E-state index is 11.4. The number of benzene rings is 1. The zero-order valence-electron chi connectivity index (χ0n) is 8.84. The van der Waals surface area contributed by atoms with Gasteiger partial charge < -0.3 is 0 Å². The van der Waals surface area contributed by atoms with Gasteiger partial charge in [0.1, 0.15) is 0 Å². The molecule has 0 unspecified atom stereocenters. The maximum Gasteiger partial charge on any atom is 0.267 e. The average molecular weight is 212 g/mol. The van der Waals surface area contributed by atoms with Gasteiger partial charge in [0.05, 0.1) is 12.2 Å². The van der Waals surface area contributed by atoms with Gasteiger partial charge in [0, 0.05) is 11.6 Å². The number of aromatic nitrogens is 2.